The van der Waals surface area contributed by atoms with Gasteiger partial charge in [-0.05, 0) is 36.4 Å². The molecule has 0 atom stereocenters. The van der Waals surface area contributed by atoms with E-state index in [4.69, 9.17) is 0 Å². The summed E-state index contributed by atoms with van der Waals surface area (Å²) in [5.74, 6) is 0.266. The first-order valence-electron chi connectivity index (χ1n) is 7.31. The summed E-state index contributed by atoms with van der Waals surface area (Å²) in [6.07, 6.45) is 3.31. The molecule has 0 aliphatic carbocycles. The third-order valence-corrected chi connectivity index (χ3v) is 4.63. The topological polar surface area (TPSA) is 84.0 Å². The summed E-state index contributed by atoms with van der Waals surface area (Å²) in [5, 5.41) is 3.18. The van der Waals surface area contributed by atoms with Crippen LogP contribution in [0.15, 0.2) is 78.0 Å². The van der Waals surface area contributed by atoms with Gasteiger partial charge < -0.3 is 5.32 Å². The SMILES string of the molecule is O=S(=O)(Nc1ccc(NCc2ccccn2)cn1)c1ccccc1. The van der Waals surface area contributed by atoms with E-state index in [0.29, 0.717) is 6.54 Å². The van der Waals surface area contributed by atoms with Gasteiger partial charge >= 0.3 is 0 Å². The first kappa shape index (κ1) is 15.9. The van der Waals surface area contributed by atoms with Crippen molar-refractivity contribution in [2.45, 2.75) is 11.4 Å². The average Bonchev–Trinajstić information content (AvgIpc) is 2.62. The van der Waals surface area contributed by atoms with E-state index in [1.807, 2.05) is 18.2 Å². The van der Waals surface area contributed by atoms with Gasteiger partial charge in [0.15, 0.2) is 0 Å². The number of hydrogen-bond acceptors (Lipinski definition) is 5. The predicted octanol–water partition coefficient (Wildman–Crippen LogP) is 2.89. The minimum absolute atomic E-state index is 0.198. The molecule has 2 aromatic heterocycles. The maximum atomic E-state index is 12.2. The number of anilines is 2. The molecule has 0 aliphatic rings. The first-order valence-corrected chi connectivity index (χ1v) is 8.79. The molecule has 0 amide bonds. The molecule has 0 saturated carbocycles. The summed E-state index contributed by atoms with van der Waals surface area (Å²) >= 11 is 0. The lowest BCUT2D eigenvalue weighted by atomic mass is 10.3. The van der Waals surface area contributed by atoms with Crippen LogP contribution in [0.2, 0.25) is 0 Å². The van der Waals surface area contributed by atoms with E-state index in [-0.39, 0.29) is 10.7 Å². The maximum Gasteiger partial charge on any atom is 0.263 e. The highest BCUT2D eigenvalue weighted by molar-refractivity contribution is 7.92. The molecule has 3 aromatic rings. The van der Waals surface area contributed by atoms with Crippen LogP contribution in [0.1, 0.15) is 5.69 Å². The second kappa shape index (κ2) is 7.10. The van der Waals surface area contributed by atoms with Crippen molar-refractivity contribution < 1.29 is 8.42 Å². The number of benzene rings is 1. The minimum atomic E-state index is -3.62. The Labute approximate surface area is 140 Å². The number of pyridine rings is 2. The molecule has 0 unspecified atom stereocenters. The van der Waals surface area contributed by atoms with Crippen molar-refractivity contribution in [3.8, 4) is 0 Å². The van der Waals surface area contributed by atoms with Crippen LogP contribution in [0, 0.1) is 0 Å². The molecule has 24 heavy (non-hydrogen) atoms. The summed E-state index contributed by atoms with van der Waals surface area (Å²) in [7, 11) is -3.62. The van der Waals surface area contributed by atoms with Crippen LogP contribution in [0.3, 0.4) is 0 Å². The maximum absolute atomic E-state index is 12.2. The fourth-order valence-electron chi connectivity index (χ4n) is 2.05. The van der Waals surface area contributed by atoms with Crippen molar-refractivity contribution in [3.05, 3.63) is 78.8 Å². The predicted molar refractivity (Wildman–Crippen MR) is 93.1 cm³/mol. The minimum Gasteiger partial charge on any atom is -0.378 e. The van der Waals surface area contributed by atoms with Gasteiger partial charge in [-0.3, -0.25) is 9.71 Å². The van der Waals surface area contributed by atoms with Gasteiger partial charge in [-0.1, -0.05) is 24.3 Å². The molecule has 0 fully saturated rings. The number of nitrogens with one attached hydrogen (secondary N) is 2. The molecule has 0 bridgehead atoms. The van der Waals surface area contributed by atoms with E-state index in [1.54, 1.807) is 42.7 Å². The van der Waals surface area contributed by atoms with Crippen LogP contribution in [0.4, 0.5) is 11.5 Å². The van der Waals surface area contributed by atoms with Crippen LogP contribution in [0.5, 0.6) is 0 Å². The van der Waals surface area contributed by atoms with Gasteiger partial charge in [-0.2, -0.15) is 0 Å². The lowest BCUT2D eigenvalue weighted by Crippen LogP contribution is -2.13. The Morgan fingerprint density at radius 3 is 2.33 bits per heavy atom. The molecule has 122 valence electrons. The Bertz CT molecular complexity index is 883. The lowest BCUT2D eigenvalue weighted by molar-refractivity contribution is 0.601. The lowest BCUT2D eigenvalue weighted by Gasteiger charge is -2.09. The molecule has 6 nitrogen and oxygen atoms in total. The van der Waals surface area contributed by atoms with Crippen LogP contribution in [-0.4, -0.2) is 18.4 Å². The van der Waals surface area contributed by atoms with Gasteiger partial charge in [0.05, 0.1) is 29.0 Å². The number of nitrogens with zero attached hydrogens (tertiary/aromatic N) is 2. The van der Waals surface area contributed by atoms with Gasteiger partial charge in [-0.15, -0.1) is 0 Å². The van der Waals surface area contributed by atoms with E-state index in [9.17, 15) is 8.42 Å². The van der Waals surface area contributed by atoms with Crippen molar-refractivity contribution in [1.82, 2.24) is 9.97 Å². The third-order valence-electron chi connectivity index (χ3n) is 3.26. The van der Waals surface area contributed by atoms with E-state index in [1.165, 1.54) is 12.1 Å². The van der Waals surface area contributed by atoms with Gasteiger partial charge in [0.1, 0.15) is 5.82 Å². The fraction of sp³-hybridized carbons (Fsp3) is 0.0588. The fourth-order valence-corrected chi connectivity index (χ4v) is 3.08. The third kappa shape index (κ3) is 4.08. The molecule has 2 N–H and O–H groups in total. The first-order chi connectivity index (χ1) is 11.6. The summed E-state index contributed by atoms with van der Waals surface area (Å²) in [4.78, 5) is 8.55. The molecule has 0 aliphatic heterocycles. The van der Waals surface area contributed by atoms with E-state index < -0.39 is 10.0 Å². The summed E-state index contributed by atoms with van der Waals surface area (Å²) < 4.78 is 26.9. The second-order valence-corrected chi connectivity index (χ2v) is 6.71. The van der Waals surface area contributed by atoms with Crippen molar-refractivity contribution in [2.75, 3.05) is 10.0 Å². The van der Waals surface area contributed by atoms with Gasteiger partial charge in [0, 0.05) is 6.20 Å². The zero-order valence-corrected chi connectivity index (χ0v) is 13.6. The number of hydrogen-bond donors (Lipinski definition) is 2. The molecule has 0 saturated heterocycles. The van der Waals surface area contributed by atoms with Crippen molar-refractivity contribution in [1.29, 1.82) is 0 Å². The molecule has 0 radical (unpaired) electrons. The molecule has 1 aromatic carbocycles. The number of sulfonamides is 1. The number of rotatable bonds is 6. The van der Waals surface area contributed by atoms with Gasteiger partial charge in [0.25, 0.3) is 10.0 Å². The Morgan fingerprint density at radius 1 is 0.875 bits per heavy atom. The molecule has 7 heteroatoms. The van der Waals surface area contributed by atoms with Crippen LogP contribution in [-0.2, 0) is 16.6 Å². The van der Waals surface area contributed by atoms with Crippen molar-refractivity contribution >= 4 is 21.5 Å². The van der Waals surface area contributed by atoms with Crippen molar-refractivity contribution in [2.24, 2.45) is 0 Å². The highest BCUT2D eigenvalue weighted by atomic mass is 32.2. The smallest absolute Gasteiger partial charge is 0.263 e. The second-order valence-electron chi connectivity index (χ2n) is 5.03. The Balaban J connectivity index is 1.64. The van der Waals surface area contributed by atoms with Crippen LogP contribution in [0.25, 0.3) is 0 Å². The van der Waals surface area contributed by atoms with Crippen molar-refractivity contribution in [3.63, 3.8) is 0 Å². The zero-order chi connectivity index (χ0) is 16.8. The molecular weight excluding hydrogens is 324 g/mol. The van der Waals surface area contributed by atoms with E-state index >= 15 is 0 Å². The van der Waals surface area contributed by atoms with Gasteiger partial charge in [-0.25, -0.2) is 13.4 Å². The monoisotopic (exact) mass is 340 g/mol. The van der Waals surface area contributed by atoms with Crippen LogP contribution < -0.4 is 10.0 Å². The normalized spacial score (nSPS) is 11.0. The van der Waals surface area contributed by atoms with E-state index in [0.717, 1.165) is 11.4 Å². The largest absolute Gasteiger partial charge is 0.378 e. The van der Waals surface area contributed by atoms with Crippen LogP contribution >= 0.6 is 0 Å². The summed E-state index contributed by atoms with van der Waals surface area (Å²) in [6, 6.07) is 17.3. The number of aromatic nitrogens is 2. The van der Waals surface area contributed by atoms with E-state index in [2.05, 4.69) is 20.0 Å². The quantitative estimate of drug-likeness (QED) is 0.721. The molecule has 0 spiro atoms. The molecular formula is C17H16N4O2S. The highest BCUT2D eigenvalue weighted by Gasteiger charge is 2.13. The summed E-state index contributed by atoms with van der Waals surface area (Å²) in [5.41, 5.74) is 1.69. The molecule has 3 rings (SSSR count). The zero-order valence-electron chi connectivity index (χ0n) is 12.8. The Hall–Kier alpha value is -2.93. The average molecular weight is 340 g/mol. The van der Waals surface area contributed by atoms with Gasteiger partial charge in [0.2, 0.25) is 0 Å². The Morgan fingerprint density at radius 2 is 1.67 bits per heavy atom. The summed E-state index contributed by atoms with van der Waals surface area (Å²) in [6.45, 7) is 0.567. The standard InChI is InChI=1S/C17H16N4O2S/c22-24(23,16-7-2-1-3-8-16)21-17-10-9-15(13-20-17)19-12-14-6-4-5-11-18-14/h1-11,13,19H,12H2,(H,20,21). The highest BCUT2D eigenvalue weighted by Crippen LogP contribution is 2.15. The molecule has 2 heterocycles. The Kier molecular flexibility index (Phi) is 4.72.